The van der Waals surface area contributed by atoms with Crippen molar-refractivity contribution in [3.63, 3.8) is 0 Å². The van der Waals surface area contributed by atoms with Crippen molar-refractivity contribution in [3.8, 4) is 0 Å². The molecule has 0 aliphatic carbocycles. The fraction of sp³-hybridized carbons (Fsp3) is 1.00. The highest BCUT2D eigenvalue weighted by Crippen LogP contribution is 2.16. The zero-order chi connectivity index (χ0) is 9.15. The van der Waals surface area contributed by atoms with Crippen molar-refractivity contribution in [2.45, 2.75) is 24.5 Å². The lowest BCUT2D eigenvalue weighted by molar-refractivity contribution is 0.00739. The van der Waals surface area contributed by atoms with Crippen LogP contribution in [-0.2, 0) is 0 Å². The van der Waals surface area contributed by atoms with E-state index in [0.717, 1.165) is 45.6 Å². The van der Waals surface area contributed by atoms with Crippen LogP contribution < -0.4 is 16.0 Å². The minimum atomic E-state index is -0.457. The van der Waals surface area contributed by atoms with Crippen LogP contribution in [0, 0.1) is 0 Å². The zero-order valence-electron chi connectivity index (χ0n) is 7.97. The standard InChI is InChI=1S/C9H19N3O/c13-9(1-3-10-4-2-9)7-12-8-5-11-6-8/h8,10-13H,1-7H2. The van der Waals surface area contributed by atoms with Gasteiger partial charge in [0.1, 0.15) is 0 Å². The molecule has 0 bridgehead atoms. The molecule has 0 aromatic carbocycles. The topological polar surface area (TPSA) is 56.3 Å². The summed E-state index contributed by atoms with van der Waals surface area (Å²) < 4.78 is 0. The SMILES string of the molecule is OC1(CNC2CNC2)CCNCC1. The molecule has 4 heteroatoms. The first-order valence-corrected chi connectivity index (χ1v) is 5.16. The molecule has 13 heavy (non-hydrogen) atoms. The lowest BCUT2D eigenvalue weighted by Crippen LogP contribution is -2.59. The highest BCUT2D eigenvalue weighted by atomic mass is 16.3. The molecule has 0 atom stereocenters. The van der Waals surface area contributed by atoms with E-state index in [9.17, 15) is 5.11 Å². The van der Waals surface area contributed by atoms with Gasteiger partial charge in [0, 0.05) is 25.7 Å². The Kier molecular flexibility index (Phi) is 2.83. The second-order valence-electron chi connectivity index (χ2n) is 4.21. The molecule has 0 spiro atoms. The maximum atomic E-state index is 10.1. The van der Waals surface area contributed by atoms with Gasteiger partial charge in [-0.2, -0.15) is 0 Å². The van der Waals surface area contributed by atoms with Gasteiger partial charge in [0.05, 0.1) is 5.60 Å². The van der Waals surface area contributed by atoms with Crippen LogP contribution in [0.25, 0.3) is 0 Å². The first-order valence-electron chi connectivity index (χ1n) is 5.16. The van der Waals surface area contributed by atoms with Gasteiger partial charge in [-0.1, -0.05) is 0 Å². The van der Waals surface area contributed by atoms with Crippen molar-refractivity contribution in [1.82, 2.24) is 16.0 Å². The Bertz CT molecular complexity index is 164. The molecular weight excluding hydrogens is 166 g/mol. The molecule has 0 saturated carbocycles. The predicted octanol–water partition coefficient (Wildman–Crippen LogP) is -1.34. The summed E-state index contributed by atoms with van der Waals surface area (Å²) in [6.07, 6.45) is 1.75. The quantitative estimate of drug-likeness (QED) is 0.440. The van der Waals surface area contributed by atoms with Crippen molar-refractivity contribution >= 4 is 0 Å². The normalized spacial score (nSPS) is 28.4. The molecule has 0 amide bonds. The van der Waals surface area contributed by atoms with Crippen LogP contribution >= 0.6 is 0 Å². The zero-order valence-corrected chi connectivity index (χ0v) is 7.97. The van der Waals surface area contributed by atoms with E-state index >= 15 is 0 Å². The van der Waals surface area contributed by atoms with E-state index in [4.69, 9.17) is 0 Å². The lowest BCUT2D eigenvalue weighted by atomic mass is 9.92. The van der Waals surface area contributed by atoms with Crippen LogP contribution in [0.5, 0.6) is 0 Å². The second kappa shape index (κ2) is 3.92. The van der Waals surface area contributed by atoms with Crippen molar-refractivity contribution < 1.29 is 5.11 Å². The van der Waals surface area contributed by atoms with E-state index in [1.165, 1.54) is 0 Å². The van der Waals surface area contributed by atoms with E-state index in [-0.39, 0.29) is 0 Å². The third kappa shape index (κ3) is 2.40. The molecule has 2 heterocycles. The van der Waals surface area contributed by atoms with E-state index in [2.05, 4.69) is 16.0 Å². The highest BCUT2D eigenvalue weighted by molar-refractivity contribution is 4.90. The van der Waals surface area contributed by atoms with Crippen LogP contribution in [0.1, 0.15) is 12.8 Å². The molecule has 4 nitrogen and oxygen atoms in total. The fourth-order valence-corrected chi connectivity index (χ4v) is 1.84. The van der Waals surface area contributed by atoms with Crippen molar-refractivity contribution in [2.75, 3.05) is 32.7 Å². The molecule has 4 N–H and O–H groups in total. The Morgan fingerprint density at radius 2 is 1.92 bits per heavy atom. The molecule has 0 aromatic rings. The molecule has 76 valence electrons. The average Bonchev–Trinajstić information content (AvgIpc) is 2.02. The summed E-state index contributed by atoms with van der Waals surface area (Å²) in [5.41, 5.74) is -0.457. The van der Waals surface area contributed by atoms with Crippen molar-refractivity contribution in [3.05, 3.63) is 0 Å². The summed E-state index contributed by atoms with van der Waals surface area (Å²) in [7, 11) is 0. The number of piperidine rings is 1. The van der Waals surface area contributed by atoms with Crippen LogP contribution in [0.2, 0.25) is 0 Å². The molecule has 2 saturated heterocycles. The third-order valence-electron chi connectivity index (χ3n) is 3.04. The largest absolute Gasteiger partial charge is 0.388 e. The highest BCUT2D eigenvalue weighted by Gasteiger charge is 2.30. The van der Waals surface area contributed by atoms with Gasteiger partial charge in [-0.3, -0.25) is 0 Å². The molecule has 0 aromatic heterocycles. The first-order chi connectivity index (χ1) is 6.29. The summed E-state index contributed by atoms with van der Waals surface area (Å²) in [5, 5.41) is 20.0. The molecule has 0 unspecified atom stereocenters. The van der Waals surface area contributed by atoms with Gasteiger partial charge in [-0.15, -0.1) is 0 Å². The molecular formula is C9H19N3O. The molecule has 2 fully saturated rings. The Hall–Kier alpha value is -0.160. The lowest BCUT2D eigenvalue weighted by Gasteiger charge is -2.36. The van der Waals surface area contributed by atoms with Crippen LogP contribution in [0.3, 0.4) is 0 Å². The molecule has 0 radical (unpaired) electrons. The Labute approximate surface area is 79.1 Å². The Morgan fingerprint density at radius 3 is 2.46 bits per heavy atom. The van der Waals surface area contributed by atoms with E-state index < -0.39 is 5.60 Å². The number of hydrogen-bond donors (Lipinski definition) is 4. The van der Waals surface area contributed by atoms with Gasteiger partial charge >= 0.3 is 0 Å². The molecule has 2 rings (SSSR count). The average molecular weight is 185 g/mol. The molecule has 2 aliphatic rings. The fourth-order valence-electron chi connectivity index (χ4n) is 1.84. The van der Waals surface area contributed by atoms with Gasteiger partial charge in [0.15, 0.2) is 0 Å². The molecule has 2 aliphatic heterocycles. The van der Waals surface area contributed by atoms with E-state index in [0.29, 0.717) is 6.04 Å². The second-order valence-corrected chi connectivity index (χ2v) is 4.21. The minimum Gasteiger partial charge on any atom is -0.388 e. The monoisotopic (exact) mass is 185 g/mol. The van der Waals surface area contributed by atoms with Crippen LogP contribution in [0.4, 0.5) is 0 Å². The van der Waals surface area contributed by atoms with Crippen LogP contribution in [0.15, 0.2) is 0 Å². The summed E-state index contributed by atoms with van der Waals surface area (Å²) in [5.74, 6) is 0. The van der Waals surface area contributed by atoms with E-state index in [1.54, 1.807) is 0 Å². The summed E-state index contributed by atoms with van der Waals surface area (Å²) in [6, 6.07) is 0.582. The van der Waals surface area contributed by atoms with Crippen molar-refractivity contribution in [2.24, 2.45) is 0 Å². The Balaban J connectivity index is 1.71. The maximum absolute atomic E-state index is 10.1. The number of aliphatic hydroxyl groups is 1. The van der Waals surface area contributed by atoms with E-state index in [1.807, 2.05) is 0 Å². The van der Waals surface area contributed by atoms with Gasteiger partial charge in [0.2, 0.25) is 0 Å². The minimum absolute atomic E-state index is 0.457. The third-order valence-corrected chi connectivity index (χ3v) is 3.04. The predicted molar refractivity (Wildman–Crippen MR) is 51.7 cm³/mol. The summed E-state index contributed by atoms with van der Waals surface area (Å²) in [6.45, 7) is 4.74. The number of hydrogen-bond acceptors (Lipinski definition) is 4. The summed E-state index contributed by atoms with van der Waals surface area (Å²) >= 11 is 0. The van der Waals surface area contributed by atoms with Crippen molar-refractivity contribution in [1.29, 1.82) is 0 Å². The maximum Gasteiger partial charge on any atom is 0.0795 e. The first kappa shape index (κ1) is 9.40. The Morgan fingerprint density at radius 1 is 1.23 bits per heavy atom. The van der Waals surface area contributed by atoms with Gasteiger partial charge < -0.3 is 21.1 Å². The van der Waals surface area contributed by atoms with Crippen LogP contribution in [-0.4, -0.2) is 49.5 Å². The number of nitrogens with one attached hydrogen (secondary N) is 3. The van der Waals surface area contributed by atoms with Gasteiger partial charge in [-0.05, 0) is 25.9 Å². The number of rotatable bonds is 3. The summed E-state index contributed by atoms with van der Waals surface area (Å²) in [4.78, 5) is 0. The van der Waals surface area contributed by atoms with Gasteiger partial charge in [0.25, 0.3) is 0 Å². The van der Waals surface area contributed by atoms with Gasteiger partial charge in [-0.25, -0.2) is 0 Å². The smallest absolute Gasteiger partial charge is 0.0795 e.